The van der Waals surface area contributed by atoms with Gasteiger partial charge in [0.15, 0.2) is 0 Å². The molecule has 0 aromatic carbocycles. The molecule has 0 saturated carbocycles. The number of hydrogen-bond donors (Lipinski definition) is 1. The van der Waals surface area contributed by atoms with Crippen LogP contribution < -0.4 is 5.32 Å². The molecular formula is C20H23N3O4. The highest BCUT2D eigenvalue weighted by Gasteiger charge is 2.19. The average Bonchev–Trinajstić information content (AvgIpc) is 3.39. The second-order valence-corrected chi connectivity index (χ2v) is 6.16. The molecule has 0 unspecified atom stereocenters. The van der Waals surface area contributed by atoms with Gasteiger partial charge in [0.1, 0.15) is 11.5 Å². The molecule has 1 aliphatic heterocycles. The van der Waals surface area contributed by atoms with E-state index in [-0.39, 0.29) is 11.8 Å². The summed E-state index contributed by atoms with van der Waals surface area (Å²) in [6, 6.07) is 7.15. The first-order valence-electron chi connectivity index (χ1n) is 8.93. The van der Waals surface area contributed by atoms with Crippen molar-refractivity contribution in [3.8, 4) is 0 Å². The molecule has 1 saturated heterocycles. The van der Waals surface area contributed by atoms with Crippen molar-refractivity contribution in [2.45, 2.75) is 0 Å². The molecule has 2 amide bonds. The highest BCUT2D eigenvalue weighted by Crippen LogP contribution is 2.06. The summed E-state index contributed by atoms with van der Waals surface area (Å²) >= 11 is 0. The maximum atomic E-state index is 12.2. The molecule has 0 aliphatic carbocycles. The number of furan rings is 2. The topological polar surface area (TPSA) is 78.9 Å². The molecule has 3 rings (SSSR count). The fraction of sp³-hybridized carbons (Fsp3) is 0.300. The van der Waals surface area contributed by atoms with Crippen molar-refractivity contribution >= 4 is 24.0 Å². The molecular weight excluding hydrogens is 346 g/mol. The van der Waals surface area contributed by atoms with Crippen LogP contribution in [0.5, 0.6) is 0 Å². The van der Waals surface area contributed by atoms with Crippen molar-refractivity contribution in [2.24, 2.45) is 0 Å². The van der Waals surface area contributed by atoms with Crippen LogP contribution in [0.4, 0.5) is 0 Å². The average molecular weight is 369 g/mol. The largest absolute Gasteiger partial charge is 0.465 e. The van der Waals surface area contributed by atoms with Crippen molar-refractivity contribution in [3.05, 3.63) is 60.5 Å². The Morgan fingerprint density at radius 2 is 1.59 bits per heavy atom. The number of nitrogens with zero attached hydrogens (tertiary/aromatic N) is 2. The Bertz CT molecular complexity index is 768. The highest BCUT2D eigenvalue weighted by atomic mass is 16.3. The molecule has 1 fully saturated rings. The van der Waals surface area contributed by atoms with Gasteiger partial charge in [-0.1, -0.05) is 0 Å². The van der Waals surface area contributed by atoms with E-state index in [1.54, 1.807) is 55.0 Å². The third-order valence-corrected chi connectivity index (χ3v) is 4.29. The first kappa shape index (κ1) is 18.7. The van der Waals surface area contributed by atoms with Gasteiger partial charge in [-0.3, -0.25) is 14.5 Å². The van der Waals surface area contributed by atoms with Crippen LogP contribution in [0.3, 0.4) is 0 Å². The molecule has 1 N–H and O–H groups in total. The molecule has 1 aliphatic rings. The number of hydrogen-bond acceptors (Lipinski definition) is 5. The highest BCUT2D eigenvalue weighted by molar-refractivity contribution is 5.91. The van der Waals surface area contributed by atoms with Gasteiger partial charge in [-0.25, -0.2) is 0 Å². The number of carbonyl (C=O) groups is 2. The molecule has 27 heavy (non-hydrogen) atoms. The minimum atomic E-state index is -0.150. The van der Waals surface area contributed by atoms with E-state index in [0.717, 1.165) is 19.6 Å². The van der Waals surface area contributed by atoms with E-state index < -0.39 is 0 Å². The van der Waals surface area contributed by atoms with Gasteiger partial charge in [0.05, 0.1) is 12.5 Å². The second kappa shape index (κ2) is 9.59. The van der Waals surface area contributed by atoms with Crippen LogP contribution in [0.25, 0.3) is 12.2 Å². The summed E-state index contributed by atoms with van der Waals surface area (Å²) in [4.78, 5) is 28.0. The van der Waals surface area contributed by atoms with Crippen molar-refractivity contribution in [1.29, 1.82) is 0 Å². The van der Waals surface area contributed by atoms with Crippen LogP contribution in [0.2, 0.25) is 0 Å². The molecule has 7 nitrogen and oxygen atoms in total. The molecule has 2 aromatic rings. The zero-order valence-corrected chi connectivity index (χ0v) is 15.0. The van der Waals surface area contributed by atoms with Crippen molar-refractivity contribution in [3.63, 3.8) is 0 Å². The van der Waals surface area contributed by atoms with Gasteiger partial charge in [-0.15, -0.1) is 0 Å². The zero-order valence-electron chi connectivity index (χ0n) is 15.0. The van der Waals surface area contributed by atoms with E-state index in [9.17, 15) is 9.59 Å². The quantitative estimate of drug-likeness (QED) is 0.754. The van der Waals surface area contributed by atoms with Crippen LogP contribution in [0.1, 0.15) is 11.5 Å². The summed E-state index contributed by atoms with van der Waals surface area (Å²) in [7, 11) is 0. The van der Waals surface area contributed by atoms with Gasteiger partial charge >= 0.3 is 0 Å². The molecule has 142 valence electrons. The molecule has 2 aromatic heterocycles. The van der Waals surface area contributed by atoms with Crippen LogP contribution in [-0.4, -0.2) is 60.9 Å². The van der Waals surface area contributed by atoms with E-state index in [4.69, 9.17) is 8.83 Å². The van der Waals surface area contributed by atoms with Crippen molar-refractivity contribution in [2.75, 3.05) is 39.3 Å². The Morgan fingerprint density at radius 1 is 0.963 bits per heavy atom. The van der Waals surface area contributed by atoms with Crippen LogP contribution in [0, 0.1) is 0 Å². The van der Waals surface area contributed by atoms with Crippen LogP contribution in [0.15, 0.2) is 57.8 Å². The zero-order chi connectivity index (χ0) is 18.9. The number of piperazine rings is 1. The lowest BCUT2D eigenvalue weighted by Gasteiger charge is -2.34. The van der Waals surface area contributed by atoms with Crippen LogP contribution in [-0.2, 0) is 9.59 Å². The Morgan fingerprint density at radius 3 is 2.19 bits per heavy atom. The summed E-state index contributed by atoms with van der Waals surface area (Å²) in [5, 5.41) is 2.85. The molecule has 3 heterocycles. The fourth-order valence-electron chi connectivity index (χ4n) is 2.78. The third-order valence-electron chi connectivity index (χ3n) is 4.29. The van der Waals surface area contributed by atoms with E-state index >= 15 is 0 Å². The maximum absolute atomic E-state index is 12.2. The summed E-state index contributed by atoms with van der Waals surface area (Å²) in [5.41, 5.74) is 0. The number of amides is 2. The molecule has 7 heteroatoms. The lowest BCUT2D eigenvalue weighted by atomic mass is 10.3. The van der Waals surface area contributed by atoms with E-state index in [0.29, 0.717) is 31.2 Å². The molecule has 0 spiro atoms. The van der Waals surface area contributed by atoms with Crippen molar-refractivity contribution in [1.82, 2.24) is 15.1 Å². The maximum Gasteiger partial charge on any atom is 0.246 e. The fourth-order valence-corrected chi connectivity index (χ4v) is 2.78. The number of carbonyl (C=O) groups excluding carboxylic acids is 2. The predicted molar refractivity (Wildman–Crippen MR) is 102 cm³/mol. The predicted octanol–water partition coefficient (Wildman–Crippen LogP) is 1.86. The van der Waals surface area contributed by atoms with E-state index in [1.165, 1.54) is 6.08 Å². The summed E-state index contributed by atoms with van der Waals surface area (Å²) in [6.45, 7) is 4.25. The Labute approximate surface area is 157 Å². The van der Waals surface area contributed by atoms with Crippen LogP contribution >= 0.6 is 0 Å². The van der Waals surface area contributed by atoms with E-state index in [1.807, 2.05) is 4.90 Å². The monoisotopic (exact) mass is 369 g/mol. The summed E-state index contributed by atoms with van der Waals surface area (Å²) in [6.07, 6.45) is 9.46. The first-order chi connectivity index (χ1) is 13.2. The minimum absolute atomic E-state index is 0.0117. The number of nitrogens with one attached hydrogen (secondary N) is 1. The third kappa shape index (κ3) is 6.00. The lowest BCUT2D eigenvalue weighted by molar-refractivity contribution is -0.127. The normalized spacial score (nSPS) is 15.6. The van der Waals surface area contributed by atoms with Gasteiger partial charge in [-0.05, 0) is 36.4 Å². The minimum Gasteiger partial charge on any atom is -0.465 e. The standard InChI is InChI=1S/C20H23N3O4/c24-19(7-5-17-3-1-15-26-17)21-9-10-22-11-13-23(14-12-22)20(25)8-6-18-4-2-16-27-18/h1-8,15-16H,9-14H2,(H,21,24). The van der Waals surface area contributed by atoms with Gasteiger partial charge in [-0.2, -0.15) is 0 Å². The van der Waals surface area contributed by atoms with Gasteiger partial charge in [0.25, 0.3) is 0 Å². The number of rotatable bonds is 7. The second-order valence-electron chi connectivity index (χ2n) is 6.16. The SMILES string of the molecule is O=C(C=Cc1ccco1)NCCN1CCN(C(=O)C=Cc2ccco2)CC1. The van der Waals surface area contributed by atoms with Gasteiger partial charge < -0.3 is 19.1 Å². The summed E-state index contributed by atoms with van der Waals surface area (Å²) < 4.78 is 10.3. The van der Waals surface area contributed by atoms with E-state index in [2.05, 4.69) is 10.2 Å². The lowest BCUT2D eigenvalue weighted by Crippen LogP contribution is -2.49. The molecule has 0 atom stereocenters. The van der Waals surface area contributed by atoms with Gasteiger partial charge in [0, 0.05) is 51.4 Å². The Balaban J connectivity index is 1.32. The van der Waals surface area contributed by atoms with Gasteiger partial charge in [0.2, 0.25) is 11.8 Å². The smallest absolute Gasteiger partial charge is 0.246 e. The first-order valence-corrected chi connectivity index (χ1v) is 8.93. The Kier molecular flexibility index (Phi) is 6.65. The Hall–Kier alpha value is -3.06. The molecule has 0 radical (unpaired) electrons. The summed E-state index contributed by atoms with van der Waals surface area (Å²) in [5.74, 6) is 1.15. The molecule has 0 bridgehead atoms. The van der Waals surface area contributed by atoms with Crippen molar-refractivity contribution < 1.29 is 18.4 Å².